The Balaban J connectivity index is 0.00000208. The second-order valence-corrected chi connectivity index (χ2v) is 6.36. The number of likely N-dealkylation sites (N-methyl/N-ethyl adjacent to an activating group) is 1. The van der Waals surface area contributed by atoms with Crippen LogP contribution in [0.15, 0.2) is 53.4 Å². The van der Waals surface area contributed by atoms with Crippen LogP contribution in [0.5, 0.6) is 5.75 Å². The maximum absolute atomic E-state index is 11.1. The Morgan fingerprint density at radius 3 is 2.75 bits per heavy atom. The maximum atomic E-state index is 11.1. The predicted molar refractivity (Wildman–Crippen MR) is 109 cm³/mol. The summed E-state index contributed by atoms with van der Waals surface area (Å²) in [6, 6.07) is 12.5. The first-order valence-corrected chi connectivity index (χ1v) is 8.25. The molecule has 0 saturated carbocycles. The lowest BCUT2D eigenvalue weighted by Crippen LogP contribution is -2.27. The molecule has 2 N–H and O–H groups in total. The van der Waals surface area contributed by atoms with Crippen molar-refractivity contribution in [3.8, 4) is 5.75 Å². The highest BCUT2D eigenvalue weighted by Crippen LogP contribution is 2.43. The van der Waals surface area contributed by atoms with Gasteiger partial charge >= 0.3 is 5.97 Å². The van der Waals surface area contributed by atoms with E-state index >= 15 is 0 Å². The van der Waals surface area contributed by atoms with Gasteiger partial charge in [-0.15, -0.1) is 24.0 Å². The molecule has 6 heteroatoms. The average molecular weight is 455 g/mol. The number of phenolic OH excluding ortho intramolecular Hbond substituents is 1. The van der Waals surface area contributed by atoms with E-state index in [4.69, 9.17) is 5.11 Å². The van der Waals surface area contributed by atoms with Crippen LogP contribution in [0, 0.1) is 0 Å². The molecule has 0 aliphatic carbocycles. The number of carboxylic acid groups (broad SMARTS) is 1. The quantitative estimate of drug-likeness (QED) is 0.656. The number of rotatable bonds is 4. The van der Waals surface area contributed by atoms with Crippen molar-refractivity contribution in [3.63, 3.8) is 0 Å². The average Bonchev–Trinajstić information content (AvgIpc) is 2.91. The molecule has 126 valence electrons. The standard InChI is InChI=1S/C18H17NO3S.HI/c1-2-19-14-5-3-4-6-16(14)23-17(19)10-8-12-11-13(18(21)22)7-9-15(12)20;/h3-11,17,20H,2H2,1H3,(H,21,22);1H. The van der Waals surface area contributed by atoms with Gasteiger partial charge in [0.2, 0.25) is 0 Å². The maximum Gasteiger partial charge on any atom is 0.335 e. The first-order chi connectivity index (χ1) is 11.1. The number of benzene rings is 2. The number of para-hydroxylation sites is 1. The Hall–Kier alpha value is -1.67. The van der Waals surface area contributed by atoms with E-state index in [9.17, 15) is 9.90 Å². The number of aromatic hydroxyl groups is 1. The molecular weight excluding hydrogens is 437 g/mol. The van der Waals surface area contributed by atoms with Gasteiger partial charge in [-0.3, -0.25) is 0 Å². The van der Waals surface area contributed by atoms with Gasteiger partial charge in [0.25, 0.3) is 0 Å². The number of carbonyl (C=O) groups is 1. The molecule has 1 unspecified atom stereocenters. The van der Waals surface area contributed by atoms with E-state index in [1.807, 2.05) is 18.2 Å². The third-order valence-electron chi connectivity index (χ3n) is 3.79. The number of hydrogen-bond acceptors (Lipinski definition) is 4. The van der Waals surface area contributed by atoms with Gasteiger partial charge in [0.05, 0.1) is 16.6 Å². The van der Waals surface area contributed by atoms with E-state index in [0.29, 0.717) is 5.56 Å². The summed E-state index contributed by atoms with van der Waals surface area (Å²) in [4.78, 5) is 14.6. The molecule has 1 aliphatic rings. The molecule has 0 radical (unpaired) electrons. The second-order valence-electron chi connectivity index (χ2n) is 5.20. The van der Waals surface area contributed by atoms with Crippen molar-refractivity contribution in [1.82, 2.24) is 0 Å². The van der Waals surface area contributed by atoms with E-state index in [1.54, 1.807) is 17.8 Å². The number of carboxylic acids is 1. The molecule has 0 spiro atoms. The van der Waals surface area contributed by atoms with E-state index in [2.05, 4.69) is 24.0 Å². The summed E-state index contributed by atoms with van der Waals surface area (Å²) >= 11 is 1.75. The van der Waals surface area contributed by atoms with Crippen molar-refractivity contribution in [1.29, 1.82) is 0 Å². The summed E-state index contributed by atoms with van der Waals surface area (Å²) in [7, 11) is 0. The molecule has 0 fully saturated rings. The fourth-order valence-electron chi connectivity index (χ4n) is 2.63. The summed E-state index contributed by atoms with van der Waals surface area (Å²) in [5, 5.41) is 19.1. The zero-order valence-electron chi connectivity index (χ0n) is 13.0. The zero-order chi connectivity index (χ0) is 16.4. The van der Waals surface area contributed by atoms with Gasteiger partial charge < -0.3 is 15.1 Å². The summed E-state index contributed by atoms with van der Waals surface area (Å²) in [5.41, 5.74) is 1.88. The fourth-order valence-corrected chi connectivity index (χ4v) is 3.90. The van der Waals surface area contributed by atoms with Crippen molar-refractivity contribution in [3.05, 3.63) is 59.7 Å². The van der Waals surface area contributed by atoms with Crippen LogP contribution >= 0.6 is 35.7 Å². The molecule has 2 aromatic carbocycles. The monoisotopic (exact) mass is 455 g/mol. The Bertz CT molecular complexity index is 779. The molecule has 1 atom stereocenters. The van der Waals surface area contributed by atoms with Crippen LogP contribution in [0.2, 0.25) is 0 Å². The smallest absolute Gasteiger partial charge is 0.335 e. The summed E-state index contributed by atoms with van der Waals surface area (Å²) in [5.74, 6) is -0.924. The Morgan fingerprint density at radius 2 is 2.04 bits per heavy atom. The molecule has 0 bridgehead atoms. The molecule has 0 amide bonds. The Labute approximate surface area is 162 Å². The minimum Gasteiger partial charge on any atom is -0.507 e. The number of aromatic carboxylic acids is 1. The van der Waals surface area contributed by atoms with Crippen LogP contribution in [-0.2, 0) is 0 Å². The lowest BCUT2D eigenvalue weighted by atomic mass is 10.1. The third kappa shape index (κ3) is 3.70. The first-order valence-electron chi connectivity index (χ1n) is 7.37. The lowest BCUT2D eigenvalue weighted by Gasteiger charge is -2.22. The minimum atomic E-state index is -1.00. The highest BCUT2D eigenvalue weighted by atomic mass is 127. The number of hydrogen-bond donors (Lipinski definition) is 2. The van der Waals surface area contributed by atoms with Gasteiger partial charge in [-0.2, -0.15) is 0 Å². The van der Waals surface area contributed by atoms with Gasteiger partial charge in [0.15, 0.2) is 0 Å². The number of nitrogens with zero attached hydrogens (tertiary/aromatic N) is 1. The number of thioether (sulfide) groups is 1. The summed E-state index contributed by atoms with van der Waals surface area (Å²) < 4.78 is 0. The van der Waals surface area contributed by atoms with Gasteiger partial charge in [-0.1, -0.05) is 36.0 Å². The van der Waals surface area contributed by atoms with E-state index in [1.165, 1.54) is 28.8 Å². The van der Waals surface area contributed by atoms with E-state index in [0.717, 1.165) is 6.54 Å². The highest BCUT2D eigenvalue weighted by molar-refractivity contribution is 14.0. The van der Waals surface area contributed by atoms with Crippen molar-refractivity contribution in [2.45, 2.75) is 17.2 Å². The Morgan fingerprint density at radius 1 is 1.29 bits per heavy atom. The van der Waals surface area contributed by atoms with E-state index < -0.39 is 5.97 Å². The van der Waals surface area contributed by atoms with Crippen LogP contribution < -0.4 is 4.90 Å². The topological polar surface area (TPSA) is 60.8 Å². The normalized spacial score (nSPS) is 16.0. The van der Waals surface area contributed by atoms with Crippen LogP contribution in [0.4, 0.5) is 5.69 Å². The number of anilines is 1. The molecule has 1 aliphatic heterocycles. The number of halogens is 1. The van der Waals surface area contributed by atoms with Crippen LogP contribution in [0.1, 0.15) is 22.8 Å². The molecular formula is C18H18INO3S. The minimum absolute atomic E-state index is 0. The molecule has 0 saturated heterocycles. The predicted octanol–water partition coefficient (Wildman–Crippen LogP) is 4.68. The molecule has 24 heavy (non-hydrogen) atoms. The zero-order valence-corrected chi connectivity index (χ0v) is 16.2. The number of phenols is 1. The first kappa shape index (κ1) is 18.7. The van der Waals surface area contributed by atoms with Crippen molar-refractivity contribution < 1.29 is 15.0 Å². The van der Waals surface area contributed by atoms with Crippen molar-refractivity contribution >= 4 is 53.5 Å². The van der Waals surface area contributed by atoms with Gasteiger partial charge in [0.1, 0.15) is 5.75 Å². The summed E-state index contributed by atoms with van der Waals surface area (Å²) in [6.07, 6.45) is 3.78. The van der Waals surface area contributed by atoms with Gasteiger partial charge in [-0.25, -0.2) is 4.79 Å². The molecule has 1 heterocycles. The van der Waals surface area contributed by atoms with Crippen LogP contribution in [0.25, 0.3) is 6.08 Å². The third-order valence-corrected chi connectivity index (χ3v) is 5.04. The lowest BCUT2D eigenvalue weighted by molar-refractivity contribution is 0.0697. The van der Waals surface area contributed by atoms with Crippen molar-refractivity contribution in [2.24, 2.45) is 0 Å². The van der Waals surface area contributed by atoms with Crippen LogP contribution in [0.3, 0.4) is 0 Å². The largest absolute Gasteiger partial charge is 0.507 e. The second kappa shape index (κ2) is 7.94. The van der Waals surface area contributed by atoms with Crippen molar-refractivity contribution in [2.75, 3.05) is 11.4 Å². The number of fused-ring (bicyclic) bond motifs is 1. The highest BCUT2D eigenvalue weighted by Gasteiger charge is 2.26. The van der Waals surface area contributed by atoms with Crippen LogP contribution in [-0.4, -0.2) is 28.1 Å². The van der Waals surface area contributed by atoms with Gasteiger partial charge in [0, 0.05) is 17.0 Å². The fraction of sp³-hybridized carbons (Fsp3) is 0.167. The van der Waals surface area contributed by atoms with Gasteiger partial charge in [-0.05, 0) is 37.3 Å². The molecule has 3 rings (SSSR count). The molecule has 4 nitrogen and oxygen atoms in total. The summed E-state index contributed by atoms with van der Waals surface area (Å²) in [6.45, 7) is 2.98. The molecule has 0 aromatic heterocycles. The molecule has 2 aromatic rings. The Kier molecular flexibility index (Phi) is 6.17. The SMILES string of the molecule is CCN1c2ccccc2SC1C=Cc1cc(C(=O)O)ccc1O.I. The van der Waals surface area contributed by atoms with E-state index in [-0.39, 0.29) is 40.7 Å².